The third kappa shape index (κ3) is 8.08. The van der Waals surface area contributed by atoms with Gasteiger partial charge in [0.2, 0.25) is 21.8 Å². The van der Waals surface area contributed by atoms with Gasteiger partial charge in [0, 0.05) is 35.1 Å². The van der Waals surface area contributed by atoms with Gasteiger partial charge in [-0.15, -0.1) is 0 Å². The zero-order chi connectivity index (χ0) is 30.4. The molecular weight excluding hydrogens is 601 g/mol. The van der Waals surface area contributed by atoms with Gasteiger partial charge in [-0.2, -0.15) is 0 Å². The molecule has 224 valence electrons. The summed E-state index contributed by atoms with van der Waals surface area (Å²) >= 11 is 12.6. The Hall–Kier alpha value is -3.47. The van der Waals surface area contributed by atoms with E-state index in [0.717, 1.165) is 16.1 Å². The lowest BCUT2D eigenvalue weighted by Crippen LogP contribution is -2.54. The number of nitrogens with one attached hydrogen (secondary N) is 1. The van der Waals surface area contributed by atoms with Gasteiger partial charge in [-0.3, -0.25) is 13.9 Å². The molecule has 3 aromatic rings. The average Bonchev–Trinajstić information content (AvgIpc) is 2.93. The molecule has 1 unspecified atom stereocenters. The molecule has 1 N–H and O–H groups in total. The molecule has 0 spiro atoms. The van der Waals surface area contributed by atoms with Crippen molar-refractivity contribution in [2.24, 2.45) is 0 Å². The first kappa shape index (κ1) is 31.5. The van der Waals surface area contributed by atoms with E-state index in [1.807, 2.05) is 44.2 Å². The molecule has 12 heteroatoms. The molecule has 0 aromatic heterocycles. The second-order valence-electron chi connectivity index (χ2n) is 10.2. The van der Waals surface area contributed by atoms with Gasteiger partial charge in [-0.05, 0) is 49.2 Å². The maximum Gasteiger partial charge on any atom is 0.244 e. The minimum atomic E-state index is -3.94. The molecular formula is C30H33Cl2N3O6S. The summed E-state index contributed by atoms with van der Waals surface area (Å²) in [7, 11) is -3.94. The largest absolute Gasteiger partial charge is 0.486 e. The van der Waals surface area contributed by atoms with E-state index >= 15 is 0 Å². The standard InChI is InChI=1S/C30H33Cl2N3O6S/c1-20(2)33-30(37)26(15-21-7-5-4-6-8-21)34(18-22-9-10-23(31)16-25(22)32)29(36)19-35(42(3,38)39)24-11-12-27-28(17-24)41-14-13-40-27/h4-12,16-17,20,26H,13-15,18-19H2,1-3H3,(H,33,37). The van der Waals surface area contributed by atoms with Crippen LogP contribution in [0.5, 0.6) is 11.5 Å². The van der Waals surface area contributed by atoms with E-state index < -0.39 is 28.5 Å². The van der Waals surface area contributed by atoms with Crippen molar-refractivity contribution in [3.8, 4) is 11.5 Å². The first-order valence-corrected chi connectivity index (χ1v) is 16.0. The summed E-state index contributed by atoms with van der Waals surface area (Å²) in [5, 5.41) is 3.64. The van der Waals surface area contributed by atoms with Crippen LogP contribution >= 0.6 is 23.2 Å². The maximum atomic E-state index is 14.2. The molecule has 4 rings (SSSR count). The fourth-order valence-corrected chi connectivity index (χ4v) is 5.88. The SMILES string of the molecule is CC(C)NC(=O)C(Cc1ccccc1)N(Cc1ccc(Cl)cc1Cl)C(=O)CN(c1ccc2c(c1)OCCO2)S(C)(=O)=O. The molecule has 0 saturated carbocycles. The summed E-state index contributed by atoms with van der Waals surface area (Å²) in [5.41, 5.74) is 1.61. The van der Waals surface area contributed by atoms with Crippen molar-refractivity contribution in [3.05, 3.63) is 87.9 Å². The first-order chi connectivity index (χ1) is 19.9. The number of fused-ring (bicyclic) bond motifs is 1. The molecule has 0 saturated heterocycles. The van der Waals surface area contributed by atoms with Gasteiger partial charge in [-0.1, -0.05) is 59.6 Å². The number of carbonyl (C=O) groups is 2. The number of halogens is 2. The van der Waals surface area contributed by atoms with Crippen molar-refractivity contribution in [1.29, 1.82) is 0 Å². The van der Waals surface area contributed by atoms with Crippen LogP contribution in [-0.2, 0) is 32.6 Å². The average molecular weight is 635 g/mol. The van der Waals surface area contributed by atoms with Gasteiger partial charge < -0.3 is 19.7 Å². The van der Waals surface area contributed by atoms with Crippen LogP contribution in [0.25, 0.3) is 0 Å². The van der Waals surface area contributed by atoms with Crippen LogP contribution in [0.15, 0.2) is 66.7 Å². The zero-order valence-corrected chi connectivity index (χ0v) is 25.9. The number of anilines is 1. The number of sulfonamides is 1. The molecule has 3 aromatic carbocycles. The highest BCUT2D eigenvalue weighted by molar-refractivity contribution is 7.92. The van der Waals surface area contributed by atoms with Crippen LogP contribution in [0.2, 0.25) is 10.0 Å². The van der Waals surface area contributed by atoms with E-state index in [0.29, 0.717) is 40.3 Å². The highest BCUT2D eigenvalue weighted by Gasteiger charge is 2.34. The van der Waals surface area contributed by atoms with E-state index in [1.54, 1.807) is 30.3 Å². The molecule has 42 heavy (non-hydrogen) atoms. The Morgan fingerprint density at radius 1 is 0.952 bits per heavy atom. The van der Waals surface area contributed by atoms with Gasteiger partial charge >= 0.3 is 0 Å². The number of hydrogen-bond donors (Lipinski definition) is 1. The van der Waals surface area contributed by atoms with E-state index in [4.69, 9.17) is 32.7 Å². The molecule has 1 aliphatic heterocycles. The molecule has 0 bridgehead atoms. The Morgan fingerprint density at radius 2 is 1.64 bits per heavy atom. The van der Waals surface area contributed by atoms with Crippen LogP contribution < -0.4 is 19.1 Å². The number of hydrogen-bond acceptors (Lipinski definition) is 6. The summed E-state index contributed by atoms with van der Waals surface area (Å²) < 4.78 is 38.2. The van der Waals surface area contributed by atoms with Crippen molar-refractivity contribution in [1.82, 2.24) is 10.2 Å². The third-order valence-corrected chi connectivity index (χ3v) is 8.28. The van der Waals surface area contributed by atoms with E-state index in [2.05, 4.69) is 5.32 Å². The highest BCUT2D eigenvalue weighted by atomic mass is 35.5. The van der Waals surface area contributed by atoms with Crippen molar-refractivity contribution < 1.29 is 27.5 Å². The van der Waals surface area contributed by atoms with Crippen LogP contribution in [0, 0.1) is 0 Å². The Bertz CT molecular complexity index is 1540. The Morgan fingerprint density at radius 3 is 2.29 bits per heavy atom. The molecule has 9 nitrogen and oxygen atoms in total. The molecule has 1 aliphatic rings. The number of nitrogens with zero attached hydrogens (tertiary/aromatic N) is 2. The minimum Gasteiger partial charge on any atom is -0.486 e. The van der Waals surface area contributed by atoms with Crippen LogP contribution in [0.3, 0.4) is 0 Å². The fraction of sp³-hybridized carbons (Fsp3) is 0.333. The molecule has 0 fully saturated rings. The van der Waals surface area contributed by atoms with Crippen molar-refractivity contribution in [2.75, 3.05) is 30.3 Å². The normalized spacial score (nSPS) is 13.4. The second-order valence-corrected chi connectivity index (χ2v) is 13.0. The summed E-state index contributed by atoms with van der Waals surface area (Å²) in [4.78, 5) is 29.2. The molecule has 1 atom stereocenters. The van der Waals surface area contributed by atoms with Crippen LogP contribution in [0.1, 0.15) is 25.0 Å². The van der Waals surface area contributed by atoms with Gasteiger partial charge in [0.05, 0.1) is 11.9 Å². The molecule has 1 heterocycles. The highest BCUT2D eigenvalue weighted by Crippen LogP contribution is 2.35. The lowest BCUT2D eigenvalue weighted by molar-refractivity contribution is -0.140. The predicted molar refractivity (Wildman–Crippen MR) is 164 cm³/mol. The monoisotopic (exact) mass is 633 g/mol. The summed E-state index contributed by atoms with van der Waals surface area (Å²) in [6, 6.07) is 17.7. The van der Waals surface area contributed by atoms with Gasteiger partial charge in [0.25, 0.3) is 0 Å². The summed E-state index contributed by atoms with van der Waals surface area (Å²) in [6.45, 7) is 3.72. The van der Waals surface area contributed by atoms with E-state index in [-0.39, 0.29) is 30.6 Å². The minimum absolute atomic E-state index is 0.0589. The van der Waals surface area contributed by atoms with E-state index in [1.165, 1.54) is 11.0 Å². The topological polar surface area (TPSA) is 105 Å². The van der Waals surface area contributed by atoms with Gasteiger partial charge in [0.1, 0.15) is 25.8 Å². The number of rotatable bonds is 11. The Balaban J connectivity index is 1.75. The van der Waals surface area contributed by atoms with Crippen molar-refractivity contribution in [3.63, 3.8) is 0 Å². The zero-order valence-electron chi connectivity index (χ0n) is 23.5. The van der Waals surface area contributed by atoms with Crippen LogP contribution in [0.4, 0.5) is 5.69 Å². The second kappa shape index (κ2) is 13.7. The quantitative estimate of drug-likeness (QED) is 0.328. The van der Waals surface area contributed by atoms with Crippen LogP contribution in [-0.4, -0.2) is 63.2 Å². The number of amides is 2. The Labute approximate surface area is 256 Å². The number of ether oxygens (including phenoxy) is 2. The fourth-order valence-electron chi connectivity index (χ4n) is 4.57. The lowest BCUT2D eigenvalue weighted by Gasteiger charge is -2.34. The number of carbonyl (C=O) groups excluding carboxylic acids is 2. The molecule has 2 amide bonds. The predicted octanol–water partition coefficient (Wildman–Crippen LogP) is 4.70. The molecule has 0 aliphatic carbocycles. The lowest BCUT2D eigenvalue weighted by atomic mass is 10.0. The summed E-state index contributed by atoms with van der Waals surface area (Å²) in [5.74, 6) is -0.112. The van der Waals surface area contributed by atoms with Gasteiger partial charge in [0.15, 0.2) is 11.5 Å². The maximum absolute atomic E-state index is 14.2. The number of benzene rings is 3. The first-order valence-electron chi connectivity index (χ1n) is 13.4. The van der Waals surface area contributed by atoms with Gasteiger partial charge in [-0.25, -0.2) is 8.42 Å². The third-order valence-electron chi connectivity index (χ3n) is 6.55. The molecule has 0 radical (unpaired) electrons. The van der Waals surface area contributed by atoms with E-state index in [9.17, 15) is 18.0 Å². The van der Waals surface area contributed by atoms with Crippen molar-refractivity contribution in [2.45, 2.75) is 38.9 Å². The van der Waals surface area contributed by atoms with Crippen molar-refractivity contribution >= 4 is 50.7 Å². The smallest absolute Gasteiger partial charge is 0.244 e. The Kier molecular flexibility index (Phi) is 10.2. The summed E-state index contributed by atoms with van der Waals surface area (Å²) in [6.07, 6.45) is 1.21.